The van der Waals surface area contributed by atoms with Gasteiger partial charge in [-0.05, 0) is 36.8 Å². The molecule has 1 atom stereocenters. The molecule has 174 valence electrons. The van der Waals surface area contributed by atoms with Crippen LogP contribution in [0.4, 0.5) is 9.18 Å². The lowest BCUT2D eigenvalue weighted by Gasteiger charge is -2.35. The Labute approximate surface area is 191 Å². The molecule has 2 heterocycles. The number of nitrogens with zero attached hydrogens (tertiary/aromatic N) is 3. The number of amides is 4. The average Bonchev–Trinajstić information content (AvgIpc) is 3.03. The number of ether oxygens (including phenoxy) is 1. The third-order valence-corrected chi connectivity index (χ3v) is 5.86. The number of benzene rings is 2. The highest BCUT2D eigenvalue weighted by Gasteiger charge is 2.47. The second-order valence-electron chi connectivity index (χ2n) is 8.28. The molecule has 4 rings (SSSR count). The maximum atomic E-state index is 13.0. The Kier molecular flexibility index (Phi) is 6.88. The first-order valence-electron chi connectivity index (χ1n) is 11.0. The van der Waals surface area contributed by atoms with E-state index >= 15 is 0 Å². The molecule has 0 aromatic heterocycles. The normalized spacial score (nSPS) is 18.4. The second-order valence-corrected chi connectivity index (χ2v) is 8.28. The lowest BCUT2D eigenvalue weighted by atomic mass is 10.1. The van der Waals surface area contributed by atoms with Gasteiger partial charge >= 0.3 is 6.03 Å². The van der Waals surface area contributed by atoms with E-state index in [1.165, 1.54) is 17.0 Å². The minimum absolute atomic E-state index is 0.288. The molecule has 0 bridgehead atoms. The largest absolute Gasteiger partial charge is 0.492 e. The molecule has 0 aliphatic carbocycles. The molecule has 2 aromatic carbocycles. The molecule has 2 fully saturated rings. The van der Waals surface area contributed by atoms with E-state index in [9.17, 15) is 18.8 Å². The van der Waals surface area contributed by atoms with E-state index in [1.807, 2.05) is 31.2 Å². The quantitative estimate of drug-likeness (QED) is 0.615. The SMILES string of the molecule is Cc1cccc(CNC(=O)CN2C(=O)C3CN(CCOc4ccc(F)cc4)CCN3C2=O)c1. The van der Waals surface area contributed by atoms with Gasteiger partial charge in [0.25, 0.3) is 5.91 Å². The van der Waals surface area contributed by atoms with Gasteiger partial charge in [0.2, 0.25) is 5.91 Å². The van der Waals surface area contributed by atoms with Crippen LogP contribution in [0.15, 0.2) is 48.5 Å². The summed E-state index contributed by atoms with van der Waals surface area (Å²) in [5.41, 5.74) is 2.05. The third kappa shape index (κ3) is 5.48. The molecule has 4 amide bonds. The third-order valence-electron chi connectivity index (χ3n) is 5.86. The van der Waals surface area contributed by atoms with E-state index in [4.69, 9.17) is 4.74 Å². The lowest BCUT2D eigenvalue weighted by Crippen LogP contribution is -2.53. The molecule has 1 N–H and O–H groups in total. The molecule has 0 saturated carbocycles. The molecule has 8 nitrogen and oxygen atoms in total. The highest BCUT2D eigenvalue weighted by atomic mass is 19.1. The highest BCUT2D eigenvalue weighted by molar-refractivity contribution is 6.06. The Morgan fingerprint density at radius 3 is 2.70 bits per heavy atom. The monoisotopic (exact) mass is 454 g/mol. The summed E-state index contributed by atoms with van der Waals surface area (Å²) >= 11 is 0. The maximum Gasteiger partial charge on any atom is 0.328 e. The van der Waals surface area contributed by atoms with Crippen molar-refractivity contribution in [3.8, 4) is 5.75 Å². The van der Waals surface area contributed by atoms with Crippen molar-refractivity contribution in [3.63, 3.8) is 0 Å². The molecule has 0 radical (unpaired) electrons. The molecule has 9 heteroatoms. The minimum atomic E-state index is -0.596. The topological polar surface area (TPSA) is 82.2 Å². The summed E-state index contributed by atoms with van der Waals surface area (Å²) < 4.78 is 18.6. The minimum Gasteiger partial charge on any atom is -0.492 e. The van der Waals surface area contributed by atoms with Crippen LogP contribution in [0.3, 0.4) is 0 Å². The Balaban J connectivity index is 1.26. The fraction of sp³-hybridized carbons (Fsp3) is 0.375. The zero-order valence-electron chi connectivity index (χ0n) is 18.5. The molecule has 33 heavy (non-hydrogen) atoms. The maximum absolute atomic E-state index is 13.0. The van der Waals surface area contributed by atoms with E-state index in [2.05, 4.69) is 10.2 Å². The van der Waals surface area contributed by atoms with Crippen molar-refractivity contribution in [2.24, 2.45) is 0 Å². The fourth-order valence-corrected chi connectivity index (χ4v) is 4.10. The van der Waals surface area contributed by atoms with Gasteiger partial charge in [-0.1, -0.05) is 29.8 Å². The molecule has 2 saturated heterocycles. The van der Waals surface area contributed by atoms with Crippen molar-refractivity contribution >= 4 is 17.8 Å². The summed E-state index contributed by atoms with van der Waals surface area (Å²) in [6.45, 7) is 4.38. The van der Waals surface area contributed by atoms with Gasteiger partial charge in [0, 0.05) is 32.7 Å². The van der Waals surface area contributed by atoms with Gasteiger partial charge in [-0.15, -0.1) is 0 Å². The summed E-state index contributed by atoms with van der Waals surface area (Å²) in [6.07, 6.45) is 0. The first-order valence-corrected chi connectivity index (χ1v) is 11.0. The van der Waals surface area contributed by atoms with Gasteiger partial charge in [-0.2, -0.15) is 0 Å². The molecule has 2 aromatic rings. The zero-order chi connectivity index (χ0) is 23.4. The van der Waals surface area contributed by atoms with Gasteiger partial charge in [-0.3, -0.25) is 19.4 Å². The fourth-order valence-electron chi connectivity index (χ4n) is 4.10. The van der Waals surface area contributed by atoms with Crippen LogP contribution < -0.4 is 10.1 Å². The van der Waals surface area contributed by atoms with Crippen molar-refractivity contribution in [1.29, 1.82) is 0 Å². The van der Waals surface area contributed by atoms with Crippen molar-refractivity contribution in [2.75, 3.05) is 39.3 Å². The molecule has 0 spiro atoms. The van der Waals surface area contributed by atoms with Crippen LogP contribution in [-0.2, 0) is 16.1 Å². The van der Waals surface area contributed by atoms with Crippen molar-refractivity contribution in [1.82, 2.24) is 20.0 Å². The van der Waals surface area contributed by atoms with Gasteiger partial charge in [0.1, 0.15) is 30.8 Å². The first kappa shape index (κ1) is 22.7. The summed E-state index contributed by atoms with van der Waals surface area (Å²) in [7, 11) is 0. The number of carbonyl (C=O) groups excluding carboxylic acids is 3. The number of nitrogens with one attached hydrogen (secondary N) is 1. The van der Waals surface area contributed by atoms with E-state index in [0.29, 0.717) is 45.1 Å². The number of fused-ring (bicyclic) bond motifs is 1. The second kappa shape index (κ2) is 9.99. The summed E-state index contributed by atoms with van der Waals surface area (Å²) in [4.78, 5) is 42.6. The van der Waals surface area contributed by atoms with Gasteiger partial charge < -0.3 is 15.0 Å². The highest BCUT2D eigenvalue weighted by Crippen LogP contribution is 2.22. The number of hydrogen-bond donors (Lipinski definition) is 1. The Bertz CT molecular complexity index is 1030. The number of imide groups is 1. The van der Waals surface area contributed by atoms with Crippen LogP contribution in [0.1, 0.15) is 11.1 Å². The van der Waals surface area contributed by atoms with Crippen LogP contribution >= 0.6 is 0 Å². The summed E-state index contributed by atoms with van der Waals surface area (Å²) in [5.74, 6) is -0.473. The van der Waals surface area contributed by atoms with Crippen LogP contribution in [0.25, 0.3) is 0 Å². The van der Waals surface area contributed by atoms with Gasteiger partial charge in [0.15, 0.2) is 0 Å². The van der Waals surface area contributed by atoms with E-state index in [-0.39, 0.29) is 24.2 Å². The van der Waals surface area contributed by atoms with E-state index < -0.39 is 12.1 Å². The van der Waals surface area contributed by atoms with Crippen LogP contribution in [0.2, 0.25) is 0 Å². The first-order chi connectivity index (χ1) is 15.9. The predicted molar refractivity (Wildman–Crippen MR) is 119 cm³/mol. The lowest BCUT2D eigenvalue weighted by molar-refractivity contribution is -0.133. The standard InChI is InChI=1S/C24H27FN4O4/c1-17-3-2-4-18(13-17)14-26-22(30)16-29-23(31)21-15-27(9-10-28(21)24(29)32)11-12-33-20-7-5-19(25)6-8-20/h2-8,13,21H,9-12,14-16H2,1H3,(H,26,30). The number of hydrogen-bond acceptors (Lipinski definition) is 5. The Morgan fingerprint density at radius 2 is 1.94 bits per heavy atom. The van der Waals surface area contributed by atoms with Crippen molar-refractivity contribution < 1.29 is 23.5 Å². The number of aryl methyl sites for hydroxylation is 1. The summed E-state index contributed by atoms with van der Waals surface area (Å²) in [6, 6.07) is 12.6. The zero-order valence-corrected chi connectivity index (χ0v) is 18.5. The van der Waals surface area contributed by atoms with Crippen LogP contribution in [0.5, 0.6) is 5.75 Å². The number of urea groups is 1. The van der Waals surface area contributed by atoms with Crippen molar-refractivity contribution in [3.05, 3.63) is 65.5 Å². The summed E-state index contributed by atoms with van der Waals surface area (Å²) in [5, 5.41) is 2.78. The molecule has 2 aliphatic rings. The van der Waals surface area contributed by atoms with Crippen LogP contribution in [0, 0.1) is 12.7 Å². The van der Waals surface area contributed by atoms with Crippen molar-refractivity contribution in [2.45, 2.75) is 19.5 Å². The molecule has 2 aliphatic heterocycles. The average molecular weight is 455 g/mol. The van der Waals surface area contributed by atoms with E-state index in [1.54, 1.807) is 12.1 Å². The Morgan fingerprint density at radius 1 is 1.15 bits per heavy atom. The number of carbonyl (C=O) groups is 3. The predicted octanol–water partition coefficient (Wildman–Crippen LogP) is 1.78. The van der Waals surface area contributed by atoms with Gasteiger partial charge in [-0.25, -0.2) is 9.18 Å². The number of rotatable bonds is 8. The number of halogens is 1. The van der Waals surface area contributed by atoms with Crippen LogP contribution in [-0.4, -0.2) is 77.9 Å². The Hall–Kier alpha value is -3.46. The van der Waals surface area contributed by atoms with Gasteiger partial charge in [0.05, 0.1) is 0 Å². The smallest absolute Gasteiger partial charge is 0.328 e. The number of piperazine rings is 1. The molecular weight excluding hydrogens is 427 g/mol. The molecule has 1 unspecified atom stereocenters. The molecular formula is C24H27FN4O4. The van der Waals surface area contributed by atoms with E-state index in [0.717, 1.165) is 16.0 Å².